The van der Waals surface area contributed by atoms with Crippen LogP contribution < -0.4 is 37.2 Å². The highest BCUT2D eigenvalue weighted by atomic mass is 32.2. The second kappa shape index (κ2) is 28.3. The molecule has 1 aromatic carbocycles. The van der Waals surface area contributed by atoms with Gasteiger partial charge in [-0.3, -0.25) is 39.4 Å². The number of nitrogens with zero attached hydrogens (tertiary/aromatic N) is 2. The van der Waals surface area contributed by atoms with Gasteiger partial charge in [0.15, 0.2) is 0 Å². The normalized spacial score (nSPS) is 17.0. The number of anilines is 1. The Kier molecular flexibility index (Phi) is 23.3. The lowest BCUT2D eigenvalue weighted by Crippen LogP contribution is -2.40. The van der Waals surface area contributed by atoms with Gasteiger partial charge >= 0.3 is 12.0 Å². The second-order valence-electron chi connectivity index (χ2n) is 15.4. The van der Waals surface area contributed by atoms with Crippen LogP contribution in [0.3, 0.4) is 0 Å². The summed E-state index contributed by atoms with van der Waals surface area (Å²) in [5, 5.41) is 52.1. The molecule has 2 unspecified atom stereocenters. The molecular formula is C40H63N9O11S. The van der Waals surface area contributed by atoms with E-state index in [1.54, 1.807) is 0 Å². The van der Waals surface area contributed by atoms with Gasteiger partial charge < -0.3 is 42.3 Å². The predicted molar refractivity (Wildman–Crippen MR) is 230 cm³/mol. The second-order valence-corrected chi connectivity index (χ2v) is 16.7. The standard InChI is InChI=1S/C40H63N9O11S/c50-34(16-4-1-10-22-41-29-21-20-28(48(57)58)26-32(29)49(59)60)42-24-12-3-6-19-37(53)45-30(39(54)55)14-9-13-25-44-35(51)17-5-2-11-23-43-36(52)18-8-7-15-33-38-31(27-61-33)46-40(56)47-38/h20-21,26,30-31,33,38,41H,1-19,22-25,27H2,(H,42,50)(H,43,52)(H,44,51)(H,45,53)(H,54,55)(H2,46,47,56)/t30?,31-,33?,38-/m0/s1. The van der Waals surface area contributed by atoms with Crippen LogP contribution in [0, 0.1) is 20.2 Å². The molecule has 1 aromatic rings. The number of carbonyl (C=O) groups excluding carboxylic acids is 5. The minimum Gasteiger partial charge on any atom is -0.480 e. The van der Waals surface area contributed by atoms with Crippen LogP contribution >= 0.6 is 11.8 Å². The van der Waals surface area contributed by atoms with Gasteiger partial charge in [0.05, 0.1) is 28.0 Å². The lowest BCUT2D eigenvalue weighted by atomic mass is 10.0. The molecule has 20 nitrogen and oxygen atoms in total. The fraction of sp³-hybridized carbons (Fsp3) is 0.700. The summed E-state index contributed by atoms with van der Waals surface area (Å²) in [5.41, 5.74) is -0.541. The summed E-state index contributed by atoms with van der Waals surface area (Å²) in [6.07, 6.45) is 11.5. The van der Waals surface area contributed by atoms with E-state index < -0.39 is 21.9 Å². The molecule has 21 heteroatoms. The average molecular weight is 878 g/mol. The van der Waals surface area contributed by atoms with Gasteiger partial charge in [-0.2, -0.15) is 11.8 Å². The van der Waals surface area contributed by atoms with Crippen LogP contribution in [0.5, 0.6) is 0 Å². The summed E-state index contributed by atoms with van der Waals surface area (Å²) in [6.45, 7) is 1.84. The number of nitrogens with one attached hydrogen (secondary N) is 7. The van der Waals surface area contributed by atoms with Crippen molar-refractivity contribution in [1.29, 1.82) is 0 Å². The van der Waals surface area contributed by atoms with E-state index in [9.17, 15) is 54.1 Å². The summed E-state index contributed by atoms with van der Waals surface area (Å²) < 4.78 is 0. The van der Waals surface area contributed by atoms with Crippen molar-refractivity contribution in [1.82, 2.24) is 31.9 Å². The first-order valence-electron chi connectivity index (χ1n) is 21.5. The maximum atomic E-state index is 12.4. The first kappa shape index (κ1) is 50.1. The molecule has 6 amide bonds. The number of benzene rings is 1. The smallest absolute Gasteiger partial charge is 0.326 e. The Labute approximate surface area is 360 Å². The van der Waals surface area contributed by atoms with Gasteiger partial charge in [-0.1, -0.05) is 25.7 Å². The monoisotopic (exact) mass is 877 g/mol. The van der Waals surface area contributed by atoms with Crippen molar-refractivity contribution < 1.29 is 43.7 Å². The van der Waals surface area contributed by atoms with Crippen molar-refractivity contribution in [3.8, 4) is 0 Å². The number of thioether (sulfide) groups is 1. The zero-order valence-corrected chi connectivity index (χ0v) is 35.7. The lowest BCUT2D eigenvalue weighted by Gasteiger charge is -2.16. The number of urea groups is 1. The minimum absolute atomic E-state index is 0.0321. The van der Waals surface area contributed by atoms with Crippen LogP contribution in [-0.2, 0) is 24.0 Å². The van der Waals surface area contributed by atoms with Crippen molar-refractivity contribution in [3.05, 3.63) is 38.4 Å². The minimum atomic E-state index is -1.11. The Morgan fingerprint density at radius 3 is 1.80 bits per heavy atom. The van der Waals surface area contributed by atoms with Gasteiger partial charge in [-0.15, -0.1) is 0 Å². The van der Waals surface area contributed by atoms with E-state index in [1.165, 1.54) is 12.1 Å². The number of carboxylic acid groups (broad SMARTS) is 1. The predicted octanol–water partition coefficient (Wildman–Crippen LogP) is 4.41. The number of aliphatic carboxylic acids is 1. The molecule has 0 spiro atoms. The third-order valence-corrected chi connectivity index (χ3v) is 12.1. The first-order chi connectivity index (χ1) is 29.3. The molecule has 2 saturated heterocycles. The quantitative estimate of drug-likeness (QED) is 0.0210. The highest BCUT2D eigenvalue weighted by Crippen LogP contribution is 2.33. The molecular weight excluding hydrogens is 815 g/mol. The Bertz CT molecular complexity index is 1640. The SMILES string of the molecule is O=C(CCCCCNc1ccc([N+](=O)[O-])cc1[N+](=O)[O-])NCCCCCC(=O)NC(CCCCNC(=O)CCCCCNC(=O)CCCCC1SC[C@@H]2NC(=O)N[C@H]12)C(=O)O. The van der Waals surface area contributed by atoms with Crippen LogP contribution in [0.2, 0.25) is 0 Å². The Morgan fingerprint density at radius 1 is 0.705 bits per heavy atom. The molecule has 2 fully saturated rings. The molecule has 2 aliphatic rings. The summed E-state index contributed by atoms with van der Waals surface area (Å²) in [6, 6.07) is 2.71. The molecule has 0 saturated carbocycles. The number of hydrogen-bond donors (Lipinski definition) is 8. The largest absolute Gasteiger partial charge is 0.480 e. The number of carboxylic acids is 1. The zero-order valence-electron chi connectivity index (χ0n) is 34.8. The van der Waals surface area contributed by atoms with E-state index in [2.05, 4.69) is 37.2 Å². The van der Waals surface area contributed by atoms with Crippen LogP contribution in [0.25, 0.3) is 0 Å². The highest BCUT2D eigenvalue weighted by molar-refractivity contribution is 8.00. The molecule has 0 bridgehead atoms. The van der Waals surface area contributed by atoms with E-state index in [1.807, 2.05) is 11.8 Å². The van der Waals surface area contributed by atoms with Crippen LogP contribution in [0.1, 0.15) is 122 Å². The third-order valence-electron chi connectivity index (χ3n) is 10.5. The molecule has 8 N–H and O–H groups in total. The molecule has 3 rings (SSSR count). The average Bonchev–Trinajstić information content (AvgIpc) is 3.78. The summed E-state index contributed by atoms with van der Waals surface area (Å²) in [5.74, 6) is -0.688. The van der Waals surface area contributed by atoms with Gasteiger partial charge in [0.25, 0.3) is 11.4 Å². The number of unbranched alkanes of at least 4 members (excludes halogenated alkanes) is 8. The van der Waals surface area contributed by atoms with Gasteiger partial charge in [0.2, 0.25) is 23.6 Å². The molecule has 61 heavy (non-hydrogen) atoms. The molecule has 340 valence electrons. The Morgan fingerprint density at radius 2 is 1.25 bits per heavy atom. The van der Waals surface area contributed by atoms with E-state index in [-0.39, 0.29) is 71.6 Å². The summed E-state index contributed by atoms with van der Waals surface area (Å²) in [4.78, 5) is 92.8. The van der Waals surface area contributed by atoms with E-state index in [0.29, 0.717) is 108 Å². The molecule has 0 radical (unpaired) electrons. The first-order valence-corrected chi connectivity index (χ1v) is 22.6. The summed E-state index contributed by atoms with van der Waals surface area (Å²) in [7, 11) is 0. The number of nitro groups is 2. The van der Waals surface area contributed by atoms with Crippen molar-refractivity contribution in [2.45, 2.75) is 145 Å². The number of nitro benzene ring substituents is 2. The van der Waals surface area contributed by atoms with E-state index >= 15 is 0 Å². The number of rotatable bonds is 33. The fourth-order valence-corrected chi connectivity index (χ4v) is 8.68. The fourth-order valence-electron chi connectivity index (χ4n) is 7.14. The molecule has 2 heterocycles. The Balaban J connectivity index is 1.09. The number of amides is 6. The van der Waals surface area contributed by atoms with Crippen LogP contribution in [0.4, 0.5) is 21.9 Å². The van der Waals surface area contributed by atoms with Gasteiger partial charge in [0, 0.05) is 68.9 Å². The zero-order chi connectivity index (χ0) is 44.4. The Hall–Kier alpha value is -5.21. The van der Waals surface area contributed by atoms with Crippen LogP contribution in [0.15, 0.2) is 18.2 Å². The van der Waals surface area contributed by atoms with Gasteiger partial charge in [-0.05, 0) is 76.7 Å². The van der Waals surface area contributed by atoms with Gasteiger partial charge in [0.1, 0.15) is 11.7 Å². The maximum Gasteiger partial charge on any atom is 0.326 e. The van der Waals surface area contributed by atoms with Crippen molar-refractivity contribution in [3.63, 3.8) is 0 Å². The van der Waals surface area contributed by atoms with E-state index in [0.717, 1.165) is 43.9 Å². The molecule has 0 aliphatic carbocycles. The van der Waals surface area contributed by atoms with Crippen LogP contribution in [-0.4, -0.2) is 106 Å². The third kappa shape index (κ3) is 20.3. The number of non-ortho nitro benzene ring substituents is 1. The van der Waals surface area contributed by atoms with Crippen molar-refractivity contribution in [2.75, 3.05) is 37.2 Å². The topological polar surface area (TPSA) is 293 Å². The number of fused-ring (bicyclic) bond motifs is 1. The highest BCUT2D eigenvalue weighted by Gasteiger charge is 2.42. The van der Waals surface area contributed by atoms with Gasteiger partial charge in [-0.25, -0.2) is 9.59 Å². The lowest BCUT2D eigenvalue weighted by molar-refractivity contribution is -0.393. The molecule has 4 atom stereocenters. The number of hydrogen-bond acceptors (Lipinski definition) is 12. The van der Waals surface area contributed by atoms with E-state index in [4.69, 9.17) is 0 Å². The van der Waals surface area contributed by atoms with Crippen molar-refractivity contribution in [2.24, 2.45) is 0 Å². The number of carbonyl (C=O) groups is 6. The molecule has 2 aliphatic heterocycles. The molecule has 0 aromatic heterocycles. The summed E-state index contributed by atoms with van der Waals surface area (Å²) >= 11 is 1.87. The van der Waals surface area contributed by atoms with Crippen molar-refractivity contribution >= 4 is 64.5 Å². The maximum absolute atomic E-state index is 12.4.